The standard InChI is InChI=1S/C20H18N2O5S/c1-25-16-6-2-13(3-7-16)19-22-15(12-28-19)10-27-20(24)14-4-8-17(9-5-14)26-11-18(21)23/h2-9,12H,10-11H2,1H3,(H2,21,23). The van der Waals surface area contributed by atoms with Crippen molar-refractivity contribution >= 4 is 23.2 Å². The molecule has 0 saturated heterocycles. The zero-order valence-corrected chi connectivity index (χ0v) is 15.9. The Morgan fingerprint density at radius 1 is 1.04 bits per heavy atom. The van der Waals surface area contributed by atoms with Crippen molar-refractivity contribution < 1.29 is 23.8 Å². The summed E-state index contributed by atoms with van der Waals surface area (Å²) in [5.74, 6) is 0.181. The first kappa shape index (κ1) is 19.4. The number of rotatable bonds is 8. The van der Waals surface area contributed by atoms with E-state index in [1.54, 1.807) is 31.4 Å². The number of esters is 1. The minimum Gasteiger partial charge on any atom is -0.497 e. The zero-order chi connectivity index (χ0) is 19.9. The summed E-state index contributed by atoms with van der Waals surface area (Å²) in [6.07, 6.45) is 0. The van der Waals surface area contributed by atoms with Crippen LogP contribution in [0.2, 0.25) is 0 Å². The van der Waals surface area contributed by atoms with Crippen LogP contribution in [0.15, 0.2) is 53.9 Å². The summed E-state index contributed by atoms with van der Waals surface area (Å²) >= 11 is 1.48. The van der Waals surface area contributed by atoms with E-state index in [-0.39, 0.29) is 13.2 Å². The molecule has 28 heavy (non-hydrogen) atoms. The lowest BCUT2D eigenvalue weighted by molar-refractivity contribution is -0.119. The third-order valence-electron chi connectivity index (χ3n) is 3.71. The molecule has 0 aliphatic rings. The predicted molar refractivity (Wildman–Crippen MR) is 104 cm³/mol. The summed E-state index contributed by atoms with van der Waals surface area (Å²) in [5, 5.41) is 2.69. The average Bonchev–Trinajstić information content (AvgIpc) is 3.20. The number of primary amides is 1. The first-order valence-electron chi connectivity index (χ1n) is 8.32. The number of hydrogen-bond donors (Lipinski definition) is 1. The van der Waals surface area contributed by atoms with Crippen molar-refractivity contribution in [3.05, 3.63) is 65.2 Å². The van der Waals surface area contributed by atoms with Gasteiger partial charge in [-0.2, -0.15) is 0 Å². The van der Waals surface area contributed by atoms with Crippen LogP contribution in [0.3, 0.4) is 0 Å². The second-order valence-electron chi connectivity index (χ2n) is 5.73. The van der Waals surface area contributed by atoms with Gasteiger partial charge in [-0.25, -0.2) is 9.78 Å². The van der Waals surface area contributed by atoms with E-state index in [2.05, 4.69) is 4.98 Å². The third kappa shape index (κ3) is 5.08. The van der Waals surface area contributed by atoms with E-state index in [1.807, 2.05) is 29.6 Å². The van der Waals surface area contributed by atoms with Crippen LogP contribution in [0.1, 0.15) is 16.1 Å². The molecule has 2 N–H and O–H groups in total. The van der Waals surface area contributed by atoms with Crippen molar-refractivity contribution in [2.75, 3.05) is 13.7 Å². The van der Waals surface area contributed by atoms with Crippen LogP contribution >= 0.6 is 11.3 Å². The maximum Gasteiger partial charge on any atom is 0.338 e. The van der Waals surface area contributed by atoms with Gasteiger partial charge in [-0.15, -0.1) is 11.3 Å². The largest absolute Gasteiger partial charge is 0.497 e. The van der Waals surface area contributed by atoms with Gasteiger partial charge >= 0.3 is 5.97 Å². The molecule has 2 aromatic carbocycles. The van der Waals surface area contributed by atoms with Gasteiger partial charge in [0.25, 0.3) is 5.91 Å². The number of ether oxygens (including phenoxy) is 3. The minimum absolute atomic E-state index is 0.0748. The predicted octanol–water partition coefficient (Wildman–Crippen LogP) is 3.04. The Labute approximate surface area is 165 Å². The number of carbonyl (C=O) groups is 2. The highest BCUT2D eigenvalue weighted by atomic mass is 32.1. The lowest BCUT2D eigenvalue weighted by Gasteiger charge is -2.06. The zero-order valence-electron chi connectivity index (χ0n) is 15.1. The van der Waals surface area contributed by atoms with Crippen LogP contribution in [0.25, 0.3) is 10.6 Å². The lowest BCUT2D eigenvalue weighted by Crippen LogP contribution is -2.20. The highest BCUT2D eigenvalue weighted by molar-refractivity contribution is 7.13. The molecule has 0 aliphatic heterocycles. The third-order valence-corrected chi connectivity index (χ3v) is 4.65. The van der Waals surface area contributed by atoms with Crippen molar-refractivity contribution in [3.63, 3.8) is 0 Å². The molecule has 0 atom stereocenters. The summed E-state index contributed by atoms with van der Waals surface area (Å²) in [7, 11) is 1.62. The molecule has 0 spiro atoms. The van der Waals surface area contributed by atoms with E-state index < -0.39 is 11.9 Å². The van der Waals surface area contributed by atoms with E-state index in [4.69, 9.17) is 19.9 Å². The molecule has 0 bridgehead atoms. The number of methoxy groups -OCH3 is 1. The van der Waals surface area contributed by atoms with Crippen molar-refractivity contribution in [3.8, 4) is 22.1 Å². The number of aromatic nitrogens is 1. The molecule has 0 radical (unpaired) electrons. The van der Waals surface area contributed by atoms with Gasteiger partial charge < -0.3 is 19.9 Å². The Hall–Kier alpha value is -3.39. The van der Waals surface area contributed by atoms with Gasteiger partial charge in [0.2, 0.25) is 0 Å². The summed E-state index contributed by atoms with van der Waals surface area (Å²) in [4.78, 5) is 27.4. The molecule has 8 heteroatoms. The molecule has 3 aromatic rings. The molecule has 0 aliphatic carbocycles. The SMILES string of the molecule is COc1ccc(-c2nc(COC(=O)c3ccc(OCC(N)=O)cc3)cs2)cc1. The highest BCUT2D eigenvalue weighted by Gasteiger charge is 2.11. The number of benzene rings is 2. The first-order valence-corrected chi connectivity index (χ1v) is 9.20. The van der Waals surface area contributed by atoms with Gasteiger partial charge in [0, 0.05) is 10.9 Å². The van der Waals surface area contributed by atoms with Crippen LogP contribution < -0.4 is 15.2 Å². The summed E-state index contributed by atoms with van der Waals surface area (Å²) in [6.45, 7) is -0.143. The Morgan fingerprint density at radius 3 is 2.36 bits per heavy atom. The van der Waals surface area contributed by atoms with Gasteiger partial charge in [-0.05, 0) is 48.5 Å². The van der Waals surface area contributed by atoms with Crippen LogP contribution in [0, 0.1) is 0 Å². The van der Waals surface area contributed by atoms with E-state index in [0.717, 1.165) is 16.3 Å². The van der Waals surface area contributed by atoms with Crippen LogP contribution in [0.5, 0.6) is 11.5 Å². The Bertz CT molecular complexity index is 951. The lowest BCUT2D eigenvalue weighted by atomic mass is 10.2. The molecule has 1 amide bonds. The molecule has 0 fully saturated rings. The average molecular weight is 398 g/mol. The van der Waals surface area contributed by atoms with Crippen LogP contribution in [-0.4, -0.2) is 30.6 Å². The van der Waals surface area contributed by atoms with E-state index in [0.29, 0.717) is 17.0 Å². The molecule has 3 rings (SSSR count). The highest BCUT2D eigenvalue weighted by Crippen LogP contribution is 2.26. The quantitative estimate of drug-likeness (QED) is 0.585. The van der Waals surface area contributed by atoms with Crippen LogP contribution in [0.4, 0.5) is 0 Å². The smallest absolute Gasteiger partial charge is 0.338 e. The van der Waals surface area contributed by atoms with Crippen molar-refractivity contribution in [2.45, 2.75) is 6.61 Å². The number of nitrogens with zero attached hydrogens (tertiary/aromatic N) is 1. The van der Waals surface area contributed by atoms with Gasteiger partial charge in [0.05, 0.1) is 18.4 Å². The topological polar surface area (TPSA) is 101 Å². The van der Waals surface area contributed by atoms with Crippen molar-refractivity contribution in [1.29, 1.82) is 0 Å². The Kier molecular flexibility index (Phi) is 6.23. The number of hydrogen-bond acceptors (Lipinski definition) is 7. The maximum absolute atomic E-state index is 12.2. The monoisotopic (exact) mass is 398 g/mol. The normalized spacial score (nSPS) is 10.3. The van der Waals surface area contributed by atoms with Crippen LogP contribution in [-0.2, 0) is 16.1 Å². The summed E-state index contributed by atoms with van der Waals surface area (Å²) in [6, 6.07) is 13.9. The van der Waals surface area contributed by atoms with E-state index in [9.17, 15) is 9.59 Å². The number of thiazole rings is 1. The first-order chi connectivity index (χ1) is 13.5. The molecule has 0 unspecified atom stereocenters. The van der Waals surface area contributed by atoms with Gasteiger partial charge in [0.1, 0.15) is 23.1 Å². The Morgan fingerprint density at radius 2 is 1.71 bits per heavy atom. The second-order valence-corrected chi connectivity index (χ2v) is 6.59. The molecular formula is C20H18N2O5S. The van der Waals surface area contributed by atoms with Gasteiger partial charge in [-0.1, -0.05) is 0 Å². The van der Waals surface area contributed by atoms with E-state index >= 15 is 0 Å². The molecule has 0 saturated carbocycles. The summed E-state index contributed by atoms with van der Waals surface area (Å²) in [5.41, 5.74) is 7.03. The molecule has 1 aromatic heterocycles. The Balaban J connectivity index is 1.55. The number of nitrogens with two attached hydrogens (primary N) is 1. The molecule has 144 valence electrons. The molecular weight excluding hydrogens is 380 g/mol. The fourth-order valence-corrected chi connectivity index (χ4v) is 3.11. The fraction of sp³-hybridized carbons (Fsp3) is 0.150. The number of carbonyl (C=O) groups excluding carboxylic acids is 2. The van der Waals surface area contributed by atoms with Gasteiger partial charge in [-0.3, -0.25) is 4.79 Å². The fourth-order valence-electron chi connectivity index (χ4n) is 2.30. The minimum atomic E-state index is -0.569. The number of amides is 1. The maximum atomic E-state index is 12.2. The van der Waals surface area contributed by atoms with Crippen molar-refractivity contribution in [1.82, 2.24) is 4.98 Å². The second kappa shape index (κ2) is 9.01. The van der Waals surface area contributed by atoms with Gasteiger partial charge in [0.15, 0.2) is 6.61 Å². The summed E-state index contributed by atoms with van der Waals surface area (Å²) < 4.78 is 15.6. The molecule has 1 heterocycles. The van der Waals surface area contributed by atoms with Crippen molar-refractivity contribution in [2.24, 2.45) is 5.73 Å². The molecule has 7 nitrogen and oxygen atoms in total. The van der Waals surface area contributed by atoms with E-state index in [1.165, 1.54) is 11.3 Å².